The Kier molecular flexibility index (Phi) is 17.2. The lowest BCUT2D eigenvalue weighted by Crippen LogP contribution is -2.31. The molecule has 0 radical (unpaired) electrons. The first-order valence-corrected chi connectivity index (χ1v) is 26.4. The van der Waals surface area contributed by atoms with E-state index in [1.807, 2.05) is 81.1 Å². The second-order valence-corrected chi connectivity index (χ2v) is 21.7. The summed E-state index contributed by atoms with van der Waals surface area (Å²) in [5.74, 6) is 0.803. The van der Waals surface area contributed by atoms with Gasteiger partial charge in [-0.2, -0.15) is 27.4 Å². The number of hydrogen-bond acceptors (Lipinski definition) is 11. The molecule has 4 heterocycles. The van der Waals surface area contributed by atoms with Gasteiger partial charge in [0.05, 0.1) is 48.1 Å². The number of methoxy groups -OCH3 is 2. The summed E-state index contributed by atoms with van der Waals surface area (Å²) in [6, 6.07) is 28.3. The Morgan fingerprint density at radius 1 is 0.658 bits per heavy atom. The summed E-state index contributed by atoms with van der Waals surface area (Å²) < 4.78 is 78.7. The molecule has 20 heteroatoms. The van der Waals surface area contributed by atoms with Gasteiger partial charge in [-0.15, -0.1) is 0 Å². The van der Waals surface area contributed by atoms with Crippen molar-refractivity contribution in [2.24, 2.45) is 25.9 Å². The van der Waals surface area contributed by atoms with E-state index in [1.165, 1.54) is 29.9 Å². The van der Waals surface area contributed by atoms with Crippen LogP contribution in [-0.4, -0.2) is 94.2 Å². The van der Waals surface area contributed by atoms with Crippen LogP contribution >= 0.6 is 31.9 Å². The van der Waals surface area contributed by atoms with E-state index < -0.39 is 28.1 Å². The molecule has 0 saturated carbocycles. The van der Waals surface area contributed by atoms with Crippen LogP contribution in [0.4, 0.5) is 8.78 Å². The molecule has 9 rings (SSSR count). The van der Waals surface area contributed by atoms with Crippen molar-refractivity contribution in [1.82, 2.24) is 29.4 Å². The lowest BCUT2D eigenvalue weighted by molar-refractivity contribution is -0.130. The topological polar surface area (TPSA) is 168 Å². The van der Waals surface area contributed by atoms with Gasteiger partial charge in [0.25, 0.3) is 10.1 Å². The third kappa shape index (κ3) is 12.5. The maximum absolute atomic E-state index is 14.6. The minimum absolute atomic E-state index is 0.00139. The Labute approximate surface area is 440 Å². The molecule has 2 aliphatic rings. The van der Waals surface area contributed by atoms with E-state index in [4.69, 9.17) is 18.4 Å². The van der Waals surface area contributed by atoms with Gasteiger partial charge in [-0.1, -0.05) is 73.8 Å². The van der Waals surface area contributed by atoms with Gasteiger partial charge < -0.3 is 29.1 Å². The SMILES string of the molecule is COc1ccc(C(C)N2C[C@H]([C@@H](C)Oc3cc(Br)cc4nn(C)c(F)c34)CC2=O)cc1.COc1ccc([C@H](C)N2C[C@H]([C@H](C)OS(=O)(=O)c3ccc(C)cc3)CC2=O)cc1.Cn1nc2cc(Br)cc(O)c2c1F. The number of nitrogens with zero attached hydrogens (tertiary/aromatic N) is 6. The Bertz CT molecular complexity index is 3210. The second-order valence-electron chi connectivity index (χ2n) is 18.3. The van der Waals surface area contributed by atoms with E-state index in [9.17, 15) is 31.9 Å². The molecular weight excluding hydrogens is 1090 g/mol. The lowest BCUT2D eigenvalue weighted by Gasteiger charge is -2.27. The van der Waals surface area contributed by atoms with Crippen molar-refractivity contribution in [1.29, 1.82) is 0 Å². The largest absolute Gasteiger partial charge is 0.507 e. The van der Waals surface area contributed by atoms with Crippen LogP contribution in [0.3, 0.4) is 0 Å². The van der Waals surface area contributed by atoms with Crippen LogP contribution in [0.2, 0.25) is 0 Å². The number of benzene rings is 5. The molecule has 2 aromatic heterocycles. The van der Waals surface area contributed by atoms with Crippen LogP contribution in [-0.2, 0) is 38.0 Å². The molecule has 2 saturated heterocycles. The fourth-order valence-corrected chi connectivity index (χ4v) is 10.9. The maximum atomic E-state index is 14.6. The van der Waals surface area contributed by atoms with Gasteiger partial charge in [-0.25, -0.2) is 9.36 Å². The minimum atomic E-state index is -3.87. The zero-order chi connectivity index (χ0) is 53.1. The number of aryl methyl sites for hydroxylation is 3. The summed E-state index contributed by atoms with van der Waals surface area (Å²) in [6.45, 7) is 10.6. The zero-order valence-electron chi connectivity index (χ0n) is 41.8. The van der Waals surface area contributed by atoms with Crippen molar-refractivity contribution in [2.45, 2.75) is 76.6 Å². The van der Waals surface area contributed by atoms with Crippen molar-refractivity contribution in [2.75, 3.05) is 27.3 Å². The highest BCUT2D eigenvalue weighted by atomic mass is 79.9. The smallest absolute Gasteiger partial charge is 0.297 e. The predicted octanol–water partition coefficient (Wildman–Crippen LogP) is 10.7. The molecular formula is C53H58Br2F2N6O9S. The summed E-state index contributed by atoms with van der Waals surface area (Å²) in [6.07, 6.45) is -0.202. The summed E-state index contributed by atoms with van der Waals surface area (Å²) in [5, 5.41) is 18.0. The maximum Gasteiger partial charge on any atom is 0.297 e. The zero-order valence-corrected chi connectivity index (χ0v) is 45.8. The van der Waals surface area contributed by atoms with Gasteiger partial charge in [-0.05, 0) is 106 Å². The molecule has 2 fully saturated rings. The molecule has 0 spiro atoms. The molecule has 5 aromatic carbocycles. The van der Waals surface area contributed by atoms with Crippen molar-refractivity contribution >= 4 is 75.6 Å². The van der Waals surface area contributed by atoms with Crippen LogP contribution in [0.15, 0.2) is 111 Å². The third-order valence-electron chi connectivity index (χ3n) is 13.3. The highest BCUT2D eigenvalue weighted by Crippen LogP contribution is 2.37. The Morgan fingerprint density at radius 3 is 1.58 bits per heavy atom. The fourth-order valence-electron chi connectivity index (χ4n) is 8.91. The average molecular weight is 1150 g/mol. The van der Waals surface area contributed by atoms with Gasteiger partial charge in [-0.3, -0.25) is 13.8 Å². The summed E-state index contributed by atoms with van der Waals surface area (Å²) in [7, 11) is 2.42. The molecule has 1 N–H and O–H groups in total. The van der Waals surface area contributed by atoms with Crippen molar-refractivity contribution in [3.05, 3.63) is 135 Å². The van der Waals surface area contributed by atoms with E-state index in [-0.39, 0.29) is 64.3 Å². The van der Waals surface area contributed by atoms with E-state index in [0.717, 1.165) is 37.3 Å². The molecule has 2 amide bonds. The number of aromatic hydroxyl groups is 1. The van der Waals surface area contributed by atoms with Crippen LogP contribution in [0, 0.1) is 30.7 Å². The number of phenols is 1. The van der Waals surface area contributed by atoms with Crippen molar-refractivity contribution in [3.8, 4) is 23.0 Å². The Hall–Kier alpha value is -6.09. The number of ether oxygens (including phenoxy) is 3. The molecule has 0 aliphatic carbocycles. The van der Waals surface area contributed by atoms with Crippen LogP contribution < -0.4 is 14.2 Å². The highest BCUT2D eigenvalue weighted by molar-refractivity contribution is 9.10. The van der Waals surface area contributed by atoms with E-state index in [1.54, 1.807) is 63.4 Å². The number of likely N-dealkylation sites (tertiary alicyclic amines) is 2. The average Bonchev–Trinajstić information content (AvgIpc) is 4.10. The number of carbonyl (C=O) groups is 2. The number of rotatable bonds is 13. The van der Waals surface area contributed by atoms with Gasteiger partial charge in [0.2, 0.25) is 23.7 Å². The molecule has 7 aromatic rings. The second kappa shape index (κ2) is 23.0. The number of hydrogen-bond donors (Lipinski definition) is 1. The van der Waals surface area contributed by atoms with Crippen molar-refractivity contribution < 1.29 is 50.3 Å². The summed E-state index contributed by atoms with van der Waals surface area (Å²) in [5.41, 5.74) is 3.98. The number of fused-ring (bicyclic) bond motifs is 2. The van der Waals surface area contributed by atoms with Crippen LogP contribution in [0.5, 0.6) is 23.0 Å². The summed E-state index contributed by atoms with van der Waals surface area (Å²) >= 11 is 6.63. The molecule has 0 bridgehead atoms. The number of carbonyl (C=O) groups excluding carboxylic acids is 2. The van der Waals surface area contributed by atoms with Gasteiger partial charge >= 0.3 is 0 Å². The van der Waals surface area contributed by atoms with E-state index >= 15 is 0 Å². The van der Waals surface area contributed by atoms with E-state index in [2.05, 4.69) is 42.1 Å². The summed E-state index contributed by atoms with van der Waals surface area (Å²) in [4.78, 5) is 29.2. The number of phenolic OH excluding ortho intramolecular Hbond substituents is 1. The quantitative estimate of drug-likeness (QED) is 0.109. The van der Waals surface area contributed by atoms with Crippen LogP contribution in [0.25, 0.3) is 21.8 Å². The first-order chi connectivity index (χ1) is 34.6. The van der Waals surface area contributed by atoms with Gasteiger partial charge in [0, 0.05) is 60.8 Å². The lowest BCUT2D eigenvalue weighted by atomic mass is 10.0. The van der Waals surface area contributed by atoms with E-state index in [0.29, 0.717) is 46.2 Å². The Balaban J connectivity index is 0.000000173. The normalized spacial score (nSPS) is 17.4. The molecule has 6 atom stereocenters. The predicted molar refractivity (Wildman–Crippen MR) is 280 cm³/mol. The molecule has 388 valence electrons. The molecule has 15 nitrogen and oxygen atoms in total. The van der Waals surface area contributed by atoms with Gasteiger partial charge in [0.15, 0.2) is 0 Å². The molecule has 2 aliphatic heterocycles. The first-order valence-electron chi connectivity index (χ1n) is 23.4. The third-order valence-corrected chi connectivity index (χ3v) is 15.7. The standard InChI is InChI=1S/C23H25BrFN3O3.C22H27NO5S.C8H6BrFN2O/c1-13(15-5-7-18(30-4)8-6-15)28-12-16(9-21(28)29)14(2)31-20-11-17(24)10-19-22(20)23(25)27(3)26-19;1-15-5-11-21(12-6-15)29(25,26)28-17(3)19-13-22(24)23(14-19)16(2)18-7-9-20(27-4)10-8-18;1-12-8(10)7-5(11-12)2-4(9)3-6(7)13/h5-8,10-11,13-14,16H,9,12H2,1-4H3;5-12,16-17,19H,13-14H2,1-4H3;2-3,13H,1H3/t13?,14-,16-;16-,17-,19+;/m10./s1. The number of amides is 2. The van der Waals surface area contributed by atoms with Gasteiger partial charge in [0.1, 0.15) is 40.1 Å². The Morgan fingerprint density at radius 2 is 1.10 bits per heavy atom. The monoisotopic (exact) mass is 1150 g/mol. The number of halogens is 4. The van der Waals surface area contributed by atoms with Crippen LogP contribution in [0.1, 0.15) is 69.3 Å². The highest BCUT2D eigenvalue weighted by Gasteiger charge is 2.39. The number of aromatic nitrogens is 4. The first kappa shape index (κ1) is 54.7. The molecule has 1 unspecified atom stereocenters. The minimum Gasteiger partial charge on any atom is -0.507 e. The fraction of sp³-hybridized carbons (Fsp3) is 0.358. The molecule has 73 heavy (non-hydrogen) atoms. The van der Waals surface area contributed by atoms with Crippen molar-refractivity contribution in [3.63, 3.8) is 0 Å².